The van der Waals surface area contributed by atoms with Crippen molar-refractivity contribution in [2.75, 3.05) is 5.75 Å². The molecule has 3 aromatic rings. The molecule has 0 unspecified atom stereocenters. The summed E-state index contributed by atoms with van der Waals surface area (Å²) in [7, 11) is 0. The van der Waals surface area contributed by atoms with Crippen molar-refractivity contribution in [3.8, 4) is 5.69 Å². The van der Waals surface area contributed by atoms with E-state index in [0.29, 0.717) is 22.5 Å². The Bertz CT molecular complexity index is 954. The Balaban J connectivity index is 1.50. The molecule has 1 fully saturated rings. The summed E-state index contributed by atoms with van der Waals surface area (Å²) in [5.74, 6) is 0.386. The summed E-state index contributed by atoms with van der Waals surface area (Å²) < 4.78 is 1.70. The van der Waals surface area contributed by atoms with E-state index in [9.17, 15) is 4.79 Å². The molecule has 1 aliphatic carbocycles. The lowest BCUT2D eigenvalue weighted by Crippen LogP contribution is -2.37. The highest BCUT2D eigenvalue weighted by Crippen LogP contribution is 2.28. The lowest BCUT2D eigenvalue weighted by atomic mass is 9.95. The predicted molar refractivity (Wildman–Crippen MR) is 107 cm³/mol. The van der Waals surface area contributed by atoms with Crippen molar-refractivity contribution in [2.45, 2.75) is 43.2 Å². The SMILES string of the molecule is O=C(CSc1ncnc2c1cnn2-c1ccccc1Cl)NC1CCCCC1. The van der Waals surface area contributed by atoms with Crippen LogP contribution in [0.3, 0.4) is 0 Å². The van der Waals surface area contributed by atoms with Crippen LogP contribution in [0, 0.1) is 0 Å². The van der Waals surface area contributed by atoms with Gasteiger partial charge in [0.1, 0.15) is 11.4 Å². The largest absolute Gasteiger partial charge is 0.353 e. The van der Waals surface area contributed by atoms with Crippen molar-refractivity contribution in [3.05, 3.63) is 41.8 Å². The standard InChI is InChI=1S/C19H20ClN5OS/c20-15-8-4-5-9-16(15)25-18-14(10-23-25)19(22-12-21-18)27-11-17(26)24-13-6-2-1-3-7-13/h4-5,8-10,12-13H,1-3,6-7,11H2,(H,24,26). The highest BCUT2D eigenvalue weighted by Gasteiger charge is 2.17. The Morgan fingerprint density at radius 1 is 1.22 bits per heavy atom. The molecule has 0 radical (unpaired) electrons. The fourth-order valence-corrected chi connectivity index (χ4v) is 4.38. The summed E-state index contributed by atoms with van der Waals surface area (Å²) >= 11 is 7.70. The third-order valence-electron chi connectivity index (χ3n) is 4.72. The zero-order valence-electron chi connectivity index (χ0n) is 14.8. The van der Waals surface area contributed by atoms with E-state index in [-0.39, 0.29) is 5.91 Å². The van der Waals surface area contributed by atoms with E-state index in [0.717, 1.165) is 28.9 Å². The molecule has 1 aliphatic rings. The lowest BCUT2D eigenvalue weighted by molar-refractivity contribution is -0.119. The minimum absolute atomic E-state index is 0.0529. The first-order valence-corrected chi connectivity index (χ1v) is 10.4. The number of amides is 1. The number of carbonyl (C=O) groups is 1. The quantitative estimate of drug-likeness (QED) is 0.516. The minimum Gasteiger partial charge on any atom is -0.353 e. The van der Waals surface area contributed by atoms with E-state index in [1.54, 1.807) is 10.9 Å². The van der Waals surface area contributed by atoms with Crippen molar-refractivity contribution in [1.29, 1.82) is 0 Å². The molecular weight excluding hydrogens is 382 g/mol. The van der Waals surface area contributed by atoms with Crippen LogP contribution in [0.4, 0.5) is 0 Å². The molecule has 1 saturated carbocycles. The summed E-state index contributed by atoms with van der Waals surface area (Å²) in [5.41, 5.74) is 1.44. The van der Waals surface area contributed by atoms with Gasteiger partial charge in [-0.3, -0.25) is 4.79 Å². The number of aromatic nitrogens is 4. The first-order chi connectivity index (χ1) is 13.2. The van der Waals surface area contributed by atoms with Gasteiger partial charge in [-0.25, -0.2) is 14.6 Å². The first-order valence-electron chi connectivity index (χ1n) is 9.08. The van der Waals surface area contributed by atoms with Crippen LogP contribution in [0.15, 0.2) is 41.8 Å². The Morgan fingerprint density at radius 2 is 2.04 bits per heavy atom. The van der Waals surface area contributed by atoms with E-state index in [2.05, 4.69) is 20.4 Å². The number of para-hydroxylation sites is 1. The minimum atomic E-state index is 0.0529. The molecule has 8 heteroatoms. The fourth-order valence-electron chi connectivity index (χ4n) is 3.39. The zero-order valence-corrected chi connectivity index (χ0v) is 16.3. The van der Waals surface area contributed by atoms with Gasteiger partial charge in [-0.05, 0) is 25.0 Å². The molecule has 0 bridgehead atoms. The van der Waals surface area contributed by atoms with Gasteiger partial charge in [0.2, 0.25) is 5.91 Å². The van der Waals surface area contributed by atoms with Crippen LogP contribution in [0.1, 0.15) is 32.1 Å². The Labute approximate surface area is 166 Å². The van der Waals surface area contributed by atoms with Gasteiger partial charge in [0, 0.05) is 6.04 Å². The van der Waals surface area contributed by atoms with E-state index < -0.39 is 0 Å². The van der Waals surface area contributed by atoms with Gasteiger partial charge in [0.05, 0.1) is 28.0 Å². The van der Waals surface area contributed by atoms with E-state index in [1.165, 1.54) is 37.4 Å². The maximum Gasteiger partial charge on any atom is 0.230 e. The maximum atomic E-state index is 12.3. The smallest absolute Gasteiger partial charge is 0.230 e. The normalized spacial score (nSPS) is 15.1. The zero-order chi connectivity index (χ0) is 18.6. The summed E-state index contributed by atoms with van der Waals surface area (Å²) in [4.78, 5) is 21.0. The molecule has 0 spiro atoms. The lowest BCUT2D eigenvalue weighted by Gasteiger charge is -2.22. The summed E-state index contributed by atoms with van der Waals surface area (Å²) in [6.07, 6.45) is 9.06. The number of benzene rings is 1. The number of fused-ring (bicyclic) bond motifs is 1. The average Bonchev–Trinajstić information content (AvgIpc) is 3.12. The molecule has 140 valence electrons. The van der Waals surface area contributed by atoms with Crippen LogP contribution in [0.5, 0.6) is 0 Å². The highest BCUT2D eigenvalue weighted by atomic mass is 35.5. The van der Waals surface area contributed by atoms with Gasteiger partial charge in [-0.1, -0.05) is 54.8 Å². The number of rotatable bonds is 5. The van der Waals surface area contributed by atoms with E-state index >= 15 is 0 Å². The molecule has 27 heavy (non-hydrogen) atoms. The molecule has 0 saturated heterocycles. The summed E-state index contributed by atoms with van der Waals surface area (Å²) in [5, 5.41) is 9.72. The monoisotopic (exact) mass is 401 g/mol. The second-order valence-corrected chi connectivity index (χ2v) is 7.99. The molecule has 1 aromatic carbocycles. The topological polar surface area (TPSA) is 72.7 Å². The number of nitrogens with one attached hydrogen (secondary N) is 1. The highest BCUT2D eigenvalue weighted by molar-refractivity contribution is 8.00. The van der Waals surface area contributed by atoms with Crippen molar-refractivity contribution in [2.24, 2.45) is 0 Å². The molecule has 6 nitrogen and oxygen atoms in total. The number of hydrogen-bond acceptors (Lipinski definition) is 5. The number of thioether (sulfide) groups is 1. The van der Waals surface area contributed by atoms with Gasteiger partial charge in [-0.15, -0.1) is 0 Å². The van der Waals surface area contributed by atoms with Crippen molar-refractivity contribution < 1.29 is 4.79 Å². The molecule has 4 rings (SSSR count). The molecule has 1 amide bonds. The average molecular weight is 402 g/mol. The van der Waals surface area contributed by atoms with Gasteiger partial charge >= 0.3 is 0 Å². The number of carbonyl (C=O) groups excluding carboxylic acids is 1. The number of nitrogens with zero attached hydrogens (tertiary/aromatic N) is 4. The molecule has 2 aromatic heterocycles. The first kappa shape index (κ1) is 18.3. The van der Waals surface area contributed by atoms with Gasteiger partial charge in [0.25, 0.3) is 0 Å². The Morgan fingerprint density at radius 3 is 2.85 bits per heavy atom. The maximum absolute atomic E-state index is 12.3. The second kappa shape index (κ2) is 8.27. The third kappa shape index (κ3) is 4.09. The van der Waals surface area contributed by atoms with Crippen LogP contribution in [0.2, 0.25) is 5.02 Å². The van der Waals surface area contributed by atoms with E-state index in [1.807, 2.05) is 24.3 Å². The predicted octanol–water partition coefficient (Wildman–Crippen LogP) is 4.01. The van der Waals surface area contributed by atoms with Gasteiger partial charge in [-0.2, -0.15) is 5.10 Å². The van der Waals surface area contributed by atoms with Crippen molar-refractivity contribution in [3.63, 3.8) is 0 Å². The summed E-state index contributed by atoms with van der Waals surface area (Å²) in [6, 6.07) is 7.80. The number of hydrogen-bond donors (Lipinski definition) is 1. The van der Waals surface area contributed by atoms with Gasteiger partial charge in [0.15, 0.2) is 5.65 Å². The van der Waals surface area contributed by atoms with Crippen LogP contribution in [-0.2, 0) is 4.79 Å². The van der Waals surface area contributed by atoms with Crippen LogP contribution in [-0.4, -0.2) is 37.5 Å². The van der Waals surface area contributed by atoms with Crippen LogP contribution >= 0.6 is 23.4 Å². The molecular formula is C19H20ClN5OS. The molecule has 0 atom stereocenters. The Hall–Kier alpha value is -2.12. The van der Waals surface area contributed by atoms with E-state index in [4.69, 9.17) is 11.6 Å². The fraction of sp³-hybridized carbons (Fsp3) is 0.368. The van der Waals surface area contributed by atoms with Crippen molar-refractivity contribution >= 4 is 40.3 Å². The third-order valence-corrected chi connectivity index (χ3v) is 6.05. The Kier molecular flexibility index (Phi) is 5.59. The molecule has 0 aliphatic heterocycles. The van der Waals surface area contributed by atoms with Crippen molar-refractivity contribution in [1.82, 2.24) is 25.1 Å². The van der Waals surface area contributed by atoms with Crippen LogP contribution < -0.4 is 5.32 Å². The molecule has 1 N–H and O–H groups in total. The van der Waals surface area contributed by atoms with Gasteiger partial charge < -0.3 is 5.32 Å². The molecule has 2 heterocycles. The second-order valence-electron chi connectivity index (χ2n) is 6.62. The number of halogens is 1. The van der Waals surface area contributed by atoms with Crippen LogP contribution in [0.25, 0.3) is 16.7 Å². The summed E-state index contributed by atoms with van der Waals surface area (Å²) in [6.45, 7) is 0.